The quantitative estimate of drug-likeness (QED) is 0.621. The van der Waals surface area contributed by atoms with Gasteiger partial charge in [0.2, 0.25) is 0 Å². The van der Waals surface area contributed by atoms with Crippen molar-refractivity contribution in [1.82, 2.24) is 5.43 Å². The second-order valence-electron chi connectivity index (χ2n) is 7.51. The second kappa shape index (κ2) is 7.23. The zero-order chi connectivity index (χ0) is 18.2. The van der Waals surface area contributed by atoms with Crippen LogP contribution in [0.15, 0.2) is 28.2 Å². The first-order chi connectivity index (χ1) is 11.7. The van der Waals surface area contributed by atoms with Crippen LogP contribution in [0.5, 0.6) is 0 Å². The average molecular weight is 380 g/mol. The van der Waals surface area contributed by atoms with E-state index in [2.05, 4.69) is 56.4 Å². The molecule has 2 saturated heterocycles. The first kappa shape index (κ1) is 18.6. The molecule has 2 fully saturated rings. The third kappa shape index (κ3) is 4.34. The number of nitrogens with zero attached hydrogens (tertiary/aromatic N) is 1. The van der Waals surface area contributed by atoms with E-state index in [-0.39, 0.29) is 28.2 Å². The highest BCUT2D eigenvalue weighted by molar-refractivity contribution is 8.00. The Kier molecular flexibility index (Phi) is 5.39. The molecule has 25 heavy (non-hydrogen) atoms. The molecule has 0 unspecified atom stereocenters. The molecule has 2 bridgehead atoms. The zero-order valence-corrected chi connectivity index (χ0v) is 16.7. The molecule has 2 aliphatic rings. The Labute approximate surface area is 158 Å². The number of fused-ring (bicyclic) bond motifs is 2. The number of hydrogen-bond acceptors (Lipinski definition) is 5. The van der Waals surface area contributed by atoms with Gasteiger partial charge in [-0.05, 0) is 41.7 Å². The van der Waals surface area contributed by atoms with E-state index in [4.69, 9.17) is 27.4 Å². The van der Waals surface area contributed by atoms with E-state index in [1.54, 1.807) is 0 Å². The SMILES string of the molecule is Cc1ccc(C(C)(C)C)cc1S[C@@H]1C/C(=N/NC(N)=S)[C@H]2OC[C@@H]1O2. The number of hydrazone groups is 1. The molecule has 3 atom stereocenters. The Bertz CT molecular complexity index is 700. The van der Waals surface area contributed by atoms with Crippen LogP contribution in [-0.4, -0.2) is 35.1 Å². The van der Waals surface area contributed by atoms with Gasteiger partial charge in [-0.3, -0.25) is 5.43 Å². The number of nitrogens with one attached hydrogen (secondary N) is 1. The van der Waals surface area contributed by atoms with Crippen molar-refractivity contribution >= 4 is 34.8 Å². The number of thioether (sulfide) groups is 1. The van der Waals surface area contributed by atoms with Gasteiger partial charge in [-0.1, -0.05) is 32.9 Å². The van der Waals surface area contributed by atoms with E-state index in [9.17, 15) is 0 Å². The number of ether oxygens (including phenoxy) is 2. The van der Waals surface area contributed by atoms with Crippen LogP contribution >= 0.6 is 24.0 Å². The minimum Gasteiger partial charge on any atom is -0.375 e. The fraction of sp³-hybridized carbons (Fsp3) is 0.556. The van der Waals surface area contributed by atoms with Gasteiger partial charge in [-0.2, -0.15) is 5.10 Å². The number of thiocarbonyl (C=S) groups is 1. The van der Waals surface area contributed by atoms with Gasteiger partial charge >= 0.3 is 0 Å². The molecule has 0 aliphatic carbocycles. The first-order valence-electron chi connectivity index (χ1n) is 8.41. The van der Waals surface area contributed by atoms with Crippen LogP contribution < -0.4 is 11.2 Å². The molecule has 0 aromatic heterocycles. The van der Waals surface area contributed by atoms with Crippen molar-refractivity contribution in [3.05, 3.63) is 29.3 Å². The van der Waals surface area contributed by atoms with Gasteiger partial charge in [-0.25, -0.2) is 0 Å². The lowest BCUT2D eigenvalue weighted by Gasteiger charge is -2.29. The highest BCUT2D eigenvalue weighted by atomic mass is 32.2. The summed E-state index contributed by atoms with van der Waals surface area (Å²) in [6.45, 7) is 9.44. The van der Waals surface area contributed by atoms with E-state index in [0.29, 0.717) is 6.61 Å². The third-order valence-corrected chi connectivity index (χ3v) is 6.01. The van der Waals surface area contributed by atoms with Gasteiger partial charge in [0.1, 0.15) is 0 Å². The Morgan fingerprint density at radius 2 is 2.16 bits per heavy atom. The predicted octanol–water partition coefficient (Wildman–Crippen LogP) is 3.09. The lowest BCUT2D eigenvalue weighted by atomic mass is 9.87. The Hall–Kier alpha value is -1.15. The molecule has 136 valence electrons. The number of nitrogens with two attached hydrogens (primary N) is 1. The highest BCUT2D eigenvalue weighted by Crippen LogP contribution is 2.39. The van der Waals surface area contributed by atoms with Gasteiger partial charge in [-0.15, -0.1) is 11.8 Å². The minimum absolute atomic E-state index is 0.0801. The standard InChI is InChI=1S/C18H25N3O2S2/c1-10-5-6-11(18(2,3)4)7-14(10)25-15-8-12(20-21-17(19)24)16-22-9-13(15)23-16/h5-7,13,15-16H,8-9H2,1-4H3,(H3,19,21,24)/b20-12-/t13-,15+,16-/m0/s1. The van der Waals surface area contributed by atoms with E-state index < -0.39 is 0 Å². The van der Waals surface area contributed by atoms with Crippen LogP contribution in [0.3, 0.4) is 0 Å². The van der Waals surface area contributed by atoms with Crippen LogP contribution in [0.2, 0.25) is 0 Å². The van der Waals surface area contributed by atoms with Gasteiger partial charge in [0.25, 0.3) is 0 Å². The molecule has 2 aliphatic heterocycles. The summed E-state index contributed by atoms with van der Waals surface area (Å²) in [6, 6.07) is 6.71. The Morgan fingerprint density at radius 3 is 2.84 bits per heavy atom. The average Bonchev–Trinajstić information content (AvgIpc) is 2.94. The molecule has 0 amide bonds. The van der Waals surface area contributed by atoms with Crippen molar-refractivity contribution in [2.24, 2.45) is 10.8 Å². The molecule has 7 heteroatoms. The molecular weight excluding hydrogens is 354 g/mol. The lowest BCUT2D eigenvalue weighted by Crippen LogP contribution is -2.39. The summed E-state index contributed by atoms with van der Waals surface area (Å²) in [5.74, 6) is 0. The van der Waals surface area contributed by atoms with E-state index in [0.717, 1.165) is 12.1 Å². The first-order valence-corrected chi connectivity index (χ1v) is 9.69. The number of aryl methyl sites for hydroxylation is 1. The maximum absolute atomic E-state index is 5.97. The van der Waals surface area contributed by atoms with Crippen molar-refractivity contribution in [2.75, 3.05) is 6.61 Å². The third-order valence-electron chi connectivity index (χ3n) is 4.45. The summed E-state index contributed by atoms with van der Waals surface area (Å²) in [7, 11) is 0. The summed E-state index contributed by atoms with van der Waals surface area (Å²) < 4.78 is 11.7. The topological polar surface area (TPSA) is 68.9 Å². The van der Waals surface area contributed by atoms with E-state index in [1.165, 1.54) is 16.0 Å². The molecule has 3 N–H and O–H groups in total. The summed E-state index contributed by atoms with van der Waals surface area (Å²) in [5.41, 5.74) is 11.7. The minimum atomic E-state index is -0.384. The van der Waals surface area contributed by atoms with Crippen molar-refractivity contribution in [2.45, 2.75) is 62.1 Å². The van der Waals surface area contributed by atoms with Crippen LogP contribution in [-0.2, 0) is 14.9 Å². The molecule has 2 heterocycles. The lowest BCUT2D eigenvalue weighted by molar-refractivity contribution is -0.0150. The molecule has 1 aromatic rings. The van der Waals surface area contributed by atoms with E-state index >= 15 is 0 Å². The summed E-state index contributed by atoms with van der Waals surface area (Å²) in [6.07, 6.45) is 0.483. The summed E-state index contributed by atoms with van der Waals surface area (Å²) in [5, 5.41) is 4.66. The van der Waals surface area contributed by atoms with Crippen molar-refractivity contribution < 1.29 is 9.47 Å². The van der Waals surface area contributed by atoms with Crippen LogP contribution in [0, 0.1) is 6.92 Å². The van der Waals surface area contributed by atoms with Crippen LogP contribution in [0.1, 0.15) is 38.3 Å². The van der Waals surface area contributed by atoms with Crippen LogP contribution in [0.25, 0.3) is 0 Å². The maximum atomic E-state index is 5.97. The van der Waals surface area contributed by atoms with Crippen molar-refractivity contribution in [3.63, 3.8) is 0 Å². The molecule has 0 radical (unpaired) electrons. The van der Waals surface area contributed by atoms with Gasteiger partial charge in [0.05, 0.1) is 18.4 Å². The van der Waals surface area contributed by atoms with Crippen molar-refractivity contribution in [3.8, 4) is 0 Å². The zero-order valence-electron chi connectivity index (χ0n) is 15.0. The highest BCUT2D eigenvalue weighted by Gasteiger charge is 2.42. The van der Waals surface area contributed by atoms with Gasteiger partial charge in [0, 0.05) is 16.6 Å². The molecule has 5 nitrogen and oxygen atoms in total. The second-order valence-corrected chi connectivity index (χ2v) is 9.23. The molecule has 1 aromatic carbocycles. The van der Waals surface area contributed by atoms with E-state index in [1.807, 2.05) is 11.8 Å². The largest absolute Gasteiger partial charge is 0.375 e. The van der Waals surface area contributed by atoms with Crippen molar-refractivity contribution in [1.29, 1.82) is 0 Å². The molecular formula is C18H25N3O2S2. The predicted molar refractivity (Wildman–Crippen MR) is 106 cm³/mol. The molecule has 3 rings (SSSR count). The Morgan fingerprint density at radius 1 is 1.40 bits per heavy atom. The number of rotatable bonds is 3. The Balaban J connectivity index is 1.80. The fourth-order valence-electron chi connectivity index (χ4n) is 2.92. The number of benzene rings is 1. The van der Waals surface area contributed by atoms with Gasteiger partial charge in [0.15, 0.2) is 11.4 Å². The van der Waals surface area contributed by atoms with Gasteiger partial charge < -0.3 is 15.2 Å². The monoisotopic (exact) mass is 379 g/mol. The summed E-state index contributed by atoms with van der Waals surface area (Å²) >= 11 is 6.66. The normalized spacial score (nSPS) is 27.5. The maximum Gasteiger partial charge on any atom is 0.199 e. The smallest absolute Gasteiger partial charge is 0.199 e. The summed E-state index contributed by atoms with van der Waals surface area (Å²) in [4.78, 5) is 1.29. The number of hydrogen-bond donors (Lipinski definition) is 2. The van der Waals surface area contributed by atoms with Crippen LogP contribution in [0.4, 0.5) is 0 Å². The fourth-order valence-corrected chi connectivity index (χ4v) is 4.29. The molecule has 0 spiro atoms. The molecule has 0 saturated carbocycles.